The van der Waals surface area contributed by atoms with E-state index in [2.05, 4.69) is 45.3 Å². The minimum absolute atomic E-state index is 0.184. The van der Waals surface area contributed by atoms with Crippen LogP contribution in [-0.4, -0.2) is 21.9 Å². The third-order valence-corrected chi connectivity index (χ3v) is 4.60. The minimum atomic E-state index is -0.184. The zero-order chi connectivity index (χ0) is 17.9. The molecule has 26 heavy (non-hydrogen) atoms. The lowest BCUT2D eigenvalue weighted by Crippen LogP contribution is -2.27. The van der Waals surface area contributed by atoms with Crippen molar-refractivity contribution in [1.29, 1.82) is 0 Å². The van der Waals surface area contributed by atoms with Gasteiger partial charge in [0.05, 0.1) is 0 Å². The molecule has 0 spiro atoms. The highest BCUT2D eigenvalue weighted by Crippen LogP contribution is 2.37. The van der Waals surface area contributed by atoms with E-state index in [-0.39, 0.29) is 5.91 Å². The number of pyridine rings is 2. The second-order valence-corrected chi connectivity index (χ2v) is 6.48. The monoisotopic (exact) mass is 344 g/mol. The highest BCUT2D eigenvalue weighted by molar-refractivity contribution is 5.92. The van der Waals surface area contributed by atoms with Crippen molar-refractivity contribution in [3.8, 4) is 0 Å². The van der Waals surface area contributed by atoms with Crippen molar-refractivity contribution >= 4 is 17.4 Å². The zero-order valence-electron chi connectivity index (χ0n) is 14.6. The number of carbonyl (C=O) groups is 1. The number of para-hydroxylation sites is 1. The quantitative estimate of drug-likeness (QED) is 0.787. The van der Waals surface area contributed by atoms with Crippen LogP contribution in [0.15, 0.2) is 67.0 Å². The van der Waals surface area contributed by atoms with Gasteiger partial charge in [0, 0.05) is 30.7 Å². The van der Waals surface area contributed by atoms with Gasteiger partial charge in [-0.15, -0.1) is 0 Å². The number of anilines is 2. The van der Waals surface area contributed by atoms with Crippen LogP contribution in [-0.2, 0) is 13.0 Å². The molecule has 0 fully saturated rings. The fraction of sp³-hybridized carbons (Fsp3) is 0.190. The highest BCUT2D eigenvalue weighted by Gasteiger charge is 2.27. The summed E-state index contributed by atoms with van der Waals surface area (Å²) in [6.45, 7) is 2.61. The van der Waals surface area contributed by atoms with Gasteiger partial charge in [-0.3, -0.25) is 9.78 Å². The summed E-state index contributed by atoms with van der Waals surface area (Å²) >= 11 is 0. The predicted octanol–water partition coefficient (Wildman–Crippen LogP) is 3.49. The maximum Gasteiger partial charge on any atom is 0.270 e. The molecule has 1 atom stereocenters. The second kappa shape index (κ2) is 6.96. The van der Waals surface area contributed by atoms with E-state index in [1.54, 1.807) is 18.5 Å². The van der Waals surface area contributed by atoms with Gasteiger partial charge in [0.1, 0.15) is 11.5 Å². The van der Waals surface area contributed by atoms with E-state index in [4.69, 9.17) is 0 Å². The summed E-state index contributed by atoms with van der Waals surface area (Å²) in [6, 6.07) is 18.0. The number of fused-ring (bicyclic) bond motifs is 1. The summed E-state index contributed by atoms with van der Waals surface area (Å²) in [5.74, 6) is 0.618. The summed E-state index contributed by atoms with van der Waals surface area (Å²) < 4.78 is 0. The molecule has 1 amide bonds. The van der Waals surface area contributed by atoms with Crippen LogP contribution in [0.3, 0.4) is 0 Å². The fourth-order valence-corrected chi connectivity index (χ4v) is 3.37. The number of rotatable bonds is 4. The standard InChI is InChI=1S/C21H20N4O/c1-15-12-17-7-2-3-9-19(17)25(15)20-10-4-8-18(24-20)21(26)23-14-16-6-5-11-22-13-16/h2-11,13,15H,12,14H2,1H3,(H,23,26). The third-order valence-electron chi connectivity index (χ3n) is 4.60. The molecule has 1 aromatic carbocycles. The molecule has 5 nitrogen and oxygen atoms in total. The van der Waals surface area contributed by atoms with Gasteiger partial charge in [-0.25, -0.2) is 4.98 Å². The average molecular weight is 344 g/mol. The van der Waals surface area contributed by atoms with E-state index in [1.807, 2.05) is 30.3 Å². The van der Waals surface area contributed by atoms with Gasteiger partial charge in [-0.2, -0.15) is 0 Å². The molecule has 0 saturated carbocycles. The molecule has 1 aliphatic rings. The van der Waals surface area contributed by atoms with E-state index < -0.39 is 0 Å². The van der Waals surface area contributed by atoms with Crippen molar-refractivity contribution in [3.05, 3.63) is 83.8 Å². The van der Waals surface area contributed by atoms with Gasteiger partial charge in [0.15, 0.2) is 0 Å². The number of benzene rings is 1. The Morgan fingerprint density at radius 3 is 2.88 bits per heavy atom. The largest absolute Gasteiger partial charge is 0.347 e. The van der Waals surface area contributed by atoms with Gasteiger partial charge >= 0.3 is 0 Å². The molecule has 1 N–H and O–H groups in total. The van der Waals surface area contributed by atoms with Crippen LogP contribution in [0.2, 0.25) is 0 Å². The lowest BCUT2D eigenvalue weighted by Gasteiger charge is -2.24. The number of carbonyl (C=O) groups excluding carboxylic acids is 1. The van der Waals surface area contributed by atoms with Crippen molar-refractivity contribution in [2.75, 3.05) is 4.90 Å². The average Bonchev–Trinajstić information content (AvgIpc) is 3.02. The first-order chi connectivity index (χ1) is 12.7. The lowest BCUT2D eigenvalue weighted by atomic mass is 10.1. The molecule has 3 aromatic rings. The van der Waals surface area contributed by atoms with Crippen molar-refractivity contribution in [3.63, 3.8) is 0 Å². The Morgan fingerprint density at radius 1 is 1.15 bits per heavy atom. The van der Waals surface area contributed by atoms with Gasteiger partial charge in [0.25, 0.3) is 5.91 Å². The van der Waals surface area contributed by atoms with Gasteiger partial charge in [-0.05, 0) is 48.7 Å². The summed E-state index contributed by atoms with van der Waals surface area (Å²) in [4.78, 5) is 23.4. The molecule has 0 radical (unpaired) electrons. The van der Waals surface area contributed by atoms with Crippen LogP contribution in [0.4, 0.5) is 11.5 Å². The van der Waals surface area contributed by atoms with Gasteiger partial charge < -0.3 is 10.2 Å². The fourth-order valence-electron chi connectivity index (χ4n) is 3.37. The first-order valence-corrected chi connectivity index (χ1v) is 8.73. The second-order valence-electron chi connectivity index (χ2n) is 6.48. The van der Waals surface area contributed by atoms with E-state index in [0.29, 0.717) is 18.3 Å². The Hall–Kier alpha value is -3.21. The zero-order valence-corrected chi connectivity index (χ0v) is 14.6. The minimum Gasteiger partial charge on any atom is -0.347 e. The van der Waals surface area contributed by atoms with Crippen molar-refractivity contribution in [1.82, 2.24) is 15.3 Å². The number of hydrogen-bond acceptors (Lipinski definition) is 4. The lowest BCUT2D eigenvalue weighted by molar-refractivity contribution is 0.0946. The summed E-state index contributed by atoms with van der Waals surface area (Å²) in [6.07, 6.45) is 4.44. The SMILES string of the molecule is CC1Cc2ccccc2N1c1cccc(C(=O)NCc2cccnc2)n1. The van der Waals surface area contributed by atoms with Crippen LogP contribution in [0.5, 0.6) is 0 Å². The first-order valence-electron chi connectivity index (χ1n) is 8.73. The number of hydrogen-bond donors (Lipinski definition) is 1. The Balaban J connectivity index is 1.54. The summed E-state index contributed by atoms with van der Waals surface area (Å²) in [5, 5.41) is 2.90. The van der Waals surface area contributed by atoms with Crippen molar-refractivity contribution < 1.29 is 4.79 Å². The molecule has 0 aliphatic carbocycles. The Morgan fingerprint density at radius 2 is 2.04 bits per heavy atom. The van der Waals surface area contributed by atoms with Crippen LogP contribution >= 0.6 is 0 Å². The Bertz CT molecular complexity index is 926. The summed E-state index contributed by atoms with van der Waals surface area (Å²) in [5.41, 5.74) is 3.86. The van der Waals surface area contributed by atoms with Crippen LogP contribution in [0.25, 0.3) is 0 Å². The molecule has 0 bridgehead atoms. The topological polar surface area (TPSA) is 58.1 Å². The number of amides is 1. The Kier molecular flexibility index (Phi) is 4.35. The molecule has 130 valence electrons. The molecule has 1 aliphatic heterocycles. The first kappa shape index (κ1) is 16.3. The van der Waals surface area contributed by atoms with E-state index >= 15 is 0 Å². The molecule has 4 rings (SSSR count). The maximum atomic E-state index is 12.5. The molecule has 2 aromatic heterocycles. The van der Waals surface area contributed by atoms with Crippen molar-refractivity contribution in [2.24, 2.45) is 0 Å². The number of nitrogens with zero attached hydrogens (tertiary/aromatic N) is 3. The van der Waals surface area contributed by atoms with E-state index in [9.17, 15) is 4.79 Å². The summed E-state index contributed by atoms with van der Waals surface area (Å²) in [7, 11) is 0. The molecular formula is C21H20N4O. The van der Waals surface area contributed by atoms with Gasteiger partial charge in [0.2, 0.25) is 0 Å². The molecule has 5 heteroatoms. The molecule has 0 saturated heterocycles. The van der Waals surface area contributed by atoms with Gasteiger partial charge in [-0.1, -0.05) is 30.3 Å². The van der Waals surface area contributed by atoms with Crippen LogP contribution in [0, 0.1) is 0 Å². The van der Waals surface area contributed by atoms with Crippen molar-refractivity contribution in [2.45, 2.75) is 25.9 Å². The van der Waals surface area contributed by atoms with E-state index in [0.717, 1.165) is 17.8 Å². The molecule has 1 unspecified atom stereocenters. The third kappa shape index (κ3) is 3.16. The highest BCUT2D eigenvalue weighted by atomic mass is 16.1. The molecular weight excluding hydrogens is 324 g/mol. The molecule has 3 heterocycles. The smallest absolute Gasteiger partial charge is 0.270 e. The van der Waals surface area contributed by atoms with Crippen LogP contribution in [0.1, 0.15) is 28.5 Å². The number of nitrogens with one attached hydrogen (secondary N) is 1. The maximum absolute atomic E-state index is 12.5. The normalized spacial score (nSPS) is 15.6. The predicted molar refractivity (Wildman–Crippen MR) is 101 cm³/mol. The van der Waals surface area contributed by atoms with Crippen LogP contribution < -0.4 is 10.2 Å². The Labute approximate surface area is 152 Å². The number of aromatic nitrogens is 2. The van der Waals surface area contributed by atoms with E-state index in [1.165, 1.54) is 11.3 Å².